The Balaban J connectivity index is -0.000000351. The Morgan fingerprint density at radius 1 is 0.291 bits per heavy atom. The van der Waals surface area contributed by atoms with Crippen LogP contribution in [0.4, 0.5) is 0 Å². The van der Waals surface area contributed by atoms with E-state index < -0.39 is 17.9 Å². The minimum atomic E-state index is -0.916. The molecule has 55 heavy (non-hydrogen) atoms. The number of unbranched alkanes of at least 4 members (excludes halogenated alkanes) is 27. The molecule has 0 spiro atoms. The van der Waals surface area contributed by atoms with E-state index in [2.05, 4.69) is 57.2 Å². The molecule has 0 bridgehead atoms. The summed E-state index contributed by atoms with van der Waals surface area (Å²) in [4.78, 5) is 30.5. The predicted octanol–water partition coefficient (Wildman–Crippen LogP) is 12.0. The van der Waals surface area contributed by atoms with Crippen LogP contribution < -0.4 is 15.3 Å². The zero-order chi connectivity index (χ0) is 40.4. The average Bonchev–Trinajstić information content (AvgIpc) is 3.14. The van der Waals surface area contributed by atoms with Gasteiger partial charge < -0.3 is 29.7 Å². The zero-order valence-electron chi connectivity index (χ0n) is 36.4. The molecule has 318 valence electrons. The van der Waals surface area contributed by atoms with Gasteiger partial charge in [-0.1, -0.05) is 173 Å². The maximum absolute atomic E-state index is 10.2. The molecule has 0 aromatic carbocycles. The van der Waals surface area contributed by atoms with E-state index in [4.69, 9.17) is 0 Å². The van der Waals surface area contributed by atoms with E-state index in [0.717, 1.165) is 57.8 Å². The van der Waals surface area contributed by atoms with E-state index in [1.165, 1.54) is 154 Å². The third-order valence-corrected chi connectivity index (χ3v) is 9.43. The van der Waals surface area contributed by atoms with Gasteiger partial charge in [0.1, 0.15) is 0 Å². The van der Waals surface area contributed by atoms with Gasteiger partial charge in [0.05, 0.1) is 0 Å². The van der Waals surface area contributed by atoms with Gasteiger partial charge in [0.2, 0.25) is 0 Å². The maximum Gasteiger partial charge on any atom is 3.00 e. The van der Waals surface area contributed by atoms with Crippen molar-refractivity contribution >= 4 is 17.9 Å². The normalized spacial score (nSPS) is 11.0. The maximum atomic E-state index is 10.2. The van der Waals surface area contributed by atoms with Crippen LogP contribution in [0.3, 0.4) is 0 Å². The molecule has 0 rings (SSSR count). The van der Waals surface area contributed by atoms with Crippen molar-refractivity contribution < 1.29 is 55.5 Å². The van der Waals surface area contributed by atoms with Crippen LogP contribution in [0.2, 0.25) is 0 Å². The van der Waals surface area contributed by atoms with Gasteiger partial charge in [0, 0.05) is 17.9 Å². The first-order chi connectivity index (χ1) is 26.3. The quantitative estimate of drug-likeness (QED) is 0.0450. The summed E-state index contributed by atoms with van der Waals surface area (Å²) in [5.41, 5.74) is 0. The van der Waals surface area contributed by atoms with E-state index in [1.807, 2.05) is 0 Å². The Morgan fingerprint density at radius 2 is 0.455 bits per heavy atom. The molecule has 0 amide bonds. The van der Waals surface area contributed by atoms with Crippen molar-refractivity contribution in [1.29, 1.82) is 0 Å². The summed E-state index contributed by atoms with van der Waals surface area (Å²) in [6.07, 6.45) is 53.9. The fourth-order valence-electron chi connectivity index (χ4n) is 5.96. The molecule has 0 N–H and O–H groups in total. The largest absolute Gasteiger partial charge is 3.00 e. The minimum Gasteiger partial charge on any atom is -0.550 e. The van der Waals surface area contributed by atoms with Crippen LogP contribution in [0.25, 0.3) is 0 Å². The molecule has 0 atom stereocenters. The Kier molecular flexibility index (Phi) is 62.2. The van der Waals surface area contributed by atoms with Crippen molar-refractivity contribution in [2.45, 2.75) is 252 Å². The summed E-state index contributed by atoms with van der Waals surface area (Å²) in [6.45, 7) is 6.72. The molecule has 7 heteroatoms. The van der Waals surface area contributed by atoms with Crippen LogP contribution in [0.15, 0.2) is 36.5 Å². The topological polar surface area (TPSA) is 120 Å². The molecule has 0 heterocycles. The number of rotatable bonds is 39. The number of allylic oxidation sites excluding steroid dienone is 6. The summed E-state index contributed by atoms with van der Waals surface area (Å²) in [7, 11) is 0. The van der Waals surface area contributed by atoms with Crippen LogP contribution in [0.5, 0.6) is 0 Å². The summed E-state index contributed by atoms with van der Waals surface area (Å²) >= 11 is 0. The molecule has 0 saturated heterocycles. The second-order valence-electron chi connectivity index (χ2n) is 15.0. The smallest absolute Gasteiger partial charge is 0.550 e. The number of aliphatic carboxylic acids is 3. The van der Waals surface area contributed by atoms with Gasteiger partial charge in [0.25, 0.3) is 0 Å². The third kappa shape index (κ3) is 70.8. The van der Waals surface area contributed by atoms with Crippen LogP contribution >= 0.6 is 0 Å². The Labute approximate surface area is 360 Å². The van der Waals surface area contributed by atoms with Gasteiger partial charge in [0.15, 0.2) is 0 Å². The van der Waals surface area contributed by atoms with Crippen molar-refractivity contribution in [3.63, 3.8) is 0 Å². The standard InChI is InChI=1S/3C16H30O2.Sc/c3*1-2-3-4-5-6-7-8-9-10-11-12-13-14-15-16(17)18;/h3*7-8H,2-6,9-15H2,1H3,(H,17,18);/q;;;+3/p-3/b3*8-7-;. The molecule has 0 saturated carbocycles. The molecule has 0 aromatic rings. The number of carboxylic acids is 3. The second-order valence-corrected chi connectivity index (χ2v) is 15.0. The Hall–Kier alpha value is -1.50. The zero-order valence-corrected chi connectivity index (χ0v) is 38.2. The molecular formula is C48H87O6Sc. The molecule has 0 aliphatic heterocycles. The average molecular weight is 805 g/mol. The monoisotopic (exact) mass is 805 g/mol. The van der Waals surface area contributed by atoms with E-state index in [-0.39, 0.29) is 45.1 Å². The van der Waals surface area contributed by atoms with Crippen LogP contribution in [0, 0.1) is 0 Å². The number of hydrogen-bond acceptors (Lipinski definition) is 6. The molecule has 0 radical (unpaired) electrons. The van der Waals surface area contributed by atoms with E-state index >= 15 is 0 Å². The van der Waals surface area contributed by atoms with Gasteiger partial charge in [-0.3, -0.25) is 0 Å². The van der Waals surface area contributed by atoms with E-state index in [9.17, 15) is 29.7 Å². The van der Waals surface area contributed by atoms with Gasteiger partial charge in [-0.25, -0.2) is 0 Å². The Bertz CT molecular complexity index is 744. The van der Waals surface area contributed by atoms with Gasteiger partial charge in [-0.2, -0.15) is 0 Å². The van der Waals surface area contributed by atoms with E-state index in [0.29, 0.717) is 0 Å². The second kappa shape index (κ2) is 56.8. The molecule has 0 unspecified atom stereocenters. The molecule has 0 aromatic heterocycles. The van der Waals surface area contributed by atoms with Crippen molar-refractivity contribution in [3.8, 4) is 0 Å². The number of hydrogen-bond donors (Lipinski definition) is 0. The fourth-order valence-corrected chi connectivity index (χ4v) is 5.96. The van der Waals surface area contributed by atoms with Gasteiger partial charge >= 0.3 is 25.8 Å². The van der Waals surface area contributed by atoms with Gasteiger partial charge in [-0.05, 0) is 116 Å². The first-order valence-electron chi connectivity index (χ1n) is 22.9. The summed E-state index contributed by atoms with van der Waals surface area (Å²) in [6, 6.07) is 0. The Morgan fingerprint density at radius 3 is 0.636 bits per heavy atom. The molecule has 0 aliphatic rings. The van der Waals surface area contributed by atoms with E-state index in [1.54, 1.807) is 0 Å². The first-order valence-corrected chi connectivity index (χ1v) is 22.9. The third-order valence-electron chi connectivity index (χ3n) is 9.43. The van der Waals surface area contributed by atoms with Crippen molar-refractivity contribution in [3.05, 3.63) is 36.5 Å². The van der Waals surface area contributed by atoms with Crippen LogP contribution in [-0.4, -0.2) is 17.9 Å². The number of carbonyl (C=O) groups excluding carboxylic acids is 3. The van der Waals surface area contributed by atoms with Crippen molar-refractivity contribution in [1.82, 2.24) is 0 Å². The summed E-state index contributed by atoms with van der Waals surface area (Å²) < 4.78 is 0. The molecule has 0 fully saturated rings. The predicted molar refractivity (Wildman–Crippen MR) is 226 cm³/mol. The minimum absolute atomic E-state index is 0. The summed E-state index contributed by atoms with van der Waals surface area (Å²) in [5, 5.41) is 30.5. The number of carbonyl (C=O) groups is 3. The van der Waals surface area contributed by atoms with Crippen molar-refractivity contribution in [2.75, 3.05) is 0 Å². The number of carboxylic acid groups (broad SMARTS) is 3. The van der Waals surface area contributed by atoms with Gasteiger partial charge in [-0.15, -0.1) is 0 Å². The summed E-state index contributed by atoms with van der Waals surface area (Å²) in [5.74, 6) is -2.75. The van der Waals surface area contributed by atoms with Crippen LogP contribution in [-0.2, 0) is 40.2 Å². The molecular weight excluding hydrogens is 717 g/mol. The van der Waals surface area contributed by atoms with Crippen molar-refractivity contribution in [2.24, 2.45) is 0 Å². The fraction of sp³-hybridized carbons (Fsp3) is 0.812. The SMILES string of the molecule is CCCCCC/C=C\CCCCCCCC(=O)[O-].CCCCCC/C=C\CCCCCCCC(=O)[O-].CCCCCC/C=C\CCCCCCCC(=O)[O-].[Sc+3]. The van der Waals surface area contributed by atoms with Crippen LogP contribution in [0.1, 0.15) is 252 Å². The molecule has 0 aliphatic carbocycles. The molecule has 6 nitrogen and oxygen atoms in total. The first kappa shape index (κ1) is 60.2.